The topological polar surface area (TPSA) is 29.9 Å². The second-order valence-corrected chi connectivity index (χ2v) is 6.06. The summed E-state index contributed by atoms with van der Waals surface area (Å²) < 4.78 is 1.97. The number of thioether (sulfide) groups is 1. The van der Waals surface area contributed by atoms with Crippen molar-refractivity contribution in [3.8, 4) is 0 Å². The molecule has 0 aliphatic rings. The molecule has 1 unspecified atom stereocenters. The first kappa shape index (κ1) is 14.6. The third-order valence-electron chi connectivity index (χ3n) is 2.96. The van der Waals surface area contributed by atoms with Crippen LogP contribution in [0.4, 0.5) is 0 Å². The van der Waals surface area contributed by atoms with E-state index in [9.17, 15) is 0 Å². The van der Waals surface area contributed by atoms with E-state index in [2.05, 4.69) is 37.3 Å². The Morgan fingerprint density at radius 3 is 2.53 bits per heavy atom. The largest absolute Gasteiger partial charge is 0.313 e. The quantitative estimate of drug-likeness (QED) is 0.760. The summed E-state index contributed by atoms with van der Waals surface area (Å²) in [4.78, 5) is 0. The molecule has 1 rings (SSSR count). The summed E-state index contributed by atoms with van der Waals surface area (Å²) in [6.07, 6.45) is 2.41. The highest BCUT2D eigenvalue weighted by Crippen LogP contribution is 2.23. The first-order chi connectivity index (χ1) is 8.06. The van der Waals surface area contributed by atoms with Crippen LogP contribution in [0.5, 0.6) is 0 Å². The lowest BCUT2D eigenvalue weighted by Crippen LogP contribution is -2.32. The van der Waals surface area contributed by atoms with Crippen LogP contribution in [-0.2, 0) is 7.05 Å². The third kappa shape index (κ3) is 4.72. The van der Waals surface area contributed by atoms with Crippen molar-refractivity contribution in [2.24, 2.45) is 7.05 Å². The van der Waals surface area contributed by atoms with Gasteiger partial charge in [0.05, 0.1) is 10.7 Å². The van der Waals surface area contributed by atoms with E-state index in [0.717, 1.165) is 12.2 Å². The second-order valence-electron chi connectivity index (χ2n) is 4.60. The molecule has 1 aromatic heterocycles. The first-order valence-corrected chi connectivity index (χ1v) is 7.35. The molecule has 0 fully saturated rings. The number of hydrogen-bond acceptors (Lipinski definition) is 3. The highest BCUT2D eigenvalue weighted by atomic mass is 32.2. The Labute approximate surface area is 109 Å². The summed E-state index contributed by atoms with van der Waals surface area (Å²) >= 11 is 1.89. The van der Waals surface area contributed by atoms with Gasteiger partial charge in [-0.15, -0.1) is 11.8 Å². The zero-order chi connectivity index (χ0) is 12.8. The van der Waals surface area contributed by atoms with Gasteiger partial charge in [0.1, 0.15) is 0 Å². The Balaban J connectivity index is 2.39. The molecule has 1 atom stereocenters. The summed E-state index contributed by atoms with van der Waals surface area (Å²) in [5.74, 6) is 0. The van der Waals surface area contributed by atoms with Crippen molar-refractivity contribution in [3.63, 3.8) is 0 Å². The number of nitrogens with zero attached hydrogens (tertiary/aromatic N) is 2. The average Bonchev–Trinajstić information content (AvgIpc) is 2.59. The predicted octanol–water partition coefficient (Wildman–Crippen LogP) is 2.99. The molecule has 0 saturated carbocycles. The molecule has 4 heteroatoms. The maximum atomic E-state index is 4.37. The van der Waals surface area contributed by atoms with Crippen LogP contribution in [-0.4, -0.2) is 27.6 Å². The Morgan fingerprint density at radius 2 is 2.06 bits per heavy atom. The lowest BCUT2D eigenvalue weighted by Gasteiger charge is -2.18. The van der Waals surface area contributed by atoms with Gasteiger partial charge in [-0.25, -0.2) is 0 Å². The van der Waals surface area contributed by atoms with Crippen LogP contribution in [0, 0.1) is 6.92 Å². The van der Waals surface area contributed by atoms with E-state index < -0.39 is 0 Å². The van der Waals surface area contributed by atoms with Crippen LogP contribution < -0.4 is 5.32 Å². The van der Waals surface area contributed by atoms with Crippen molar-refractivity contribution >= 4 is 11.8 Å². The van der Waals surface area contributed by atoms with Gasteiger partial charge in [-0.3, -0.25) is 4.68 Å². The van der Waals surface area contributed by atoms with Gasteiger partial charge in [-0.2, -0.15) is 5.10 Å². The second kappa shape index (κ2) is 7.07. The Kier molecular flexibility index (Phi) is 6.06. The maximum absolute atomic E-state index is 4.37. The summed E-state index contributed by atoms with van der Waals surface area (Å²) in [6.45, 7) is 9.84. The lowest BCUT2D eigenvalue weighted by molar-refractivity contribution is 0.487. The van der Waals surface area contributed by atoms with Crippen molar-refractivity contribution < 1.29 is 0 Å². The van der Waals surface area contributed by atoms with Crippen molar-refractivity contribution in [3.05, 3.63) is 11.8 Å². The summed E-state index contributed by atoms with van der Waals surface area (Å²) in [6, 6.07) is 2.81. The molecular formula is C13H25N3S. The maximum Gasteiger partial charge on any atom is 0.0942 e. The molecule has 0 radical (unpaired) electrons. The monoisotopic (exact) mass is 255 g/mol. The number of rotatable bonds is 7. The van der Waals surface area contributed by atoms with Crippen LogP contribution in [0.2, 0.25) is 0 Å². The van der Waals surface area contributed by atoms with Crippen molar-refractivity contribution in [1.82, 2.24) is 15.1 Å². The molecule has 0 aromatic carbocycles. The van der Waals surface area contributed by atoms with E-state index in [0.29, 0.717) is 11.3 Å². The molecule has 0 bridgehead atoms. The molecule has 0 aliphatic heterocycles. The van der Waals surface area contributed by atoms with Gasteiger partial charge in [0.25, 0.3) is 0 Å². The molecule has 98 valence electrons. The molecule has 3 nitrogen and oxygen atoms in total. The molecule has 1 aromatic rings. The van der Waals surface area contributed by atoms with Gasteiger partial charge in [0.15, 0.2) is 0 Å². The van der Waals surface area contributed by atoms with Gasteiger partial charge in [0, 0.05) is 24.9 Å². The fourth-order valence-electron chi connectivity index (χ4n) is 1.85. The highest BCUT2D eigenvalue weighted by molar-refractivity contribution is 7.99. The smallest absolute Gasteiger partial charge is 0.0942 e. The minimum absolute atomic E-state index is 0.574. The highest BCUT2D eigenvalue weighted by Gasteiger charge is 2.10. The molecular weight excluding hydrogens is 230 g/mol. The minimum Gasteiger partial charge on any atom is -0.313 e. The van der Waals surface area contributed by atoms with Crippen molar-refractivity contribution in [2.45, 2.75) is 56.9 Å². The third-order valence-corrected chi connectivity index (χ3v) is 4.15. The molecule has 0 saturated heterocycles. The number of hydrogen-bond donors (Lipinski definition) is 1. The SMILES string of the molecule is CCC(CC)NCC(C)Sc1cc(C)nn1C. The Morgan fingerprint density at radius 1 is 1.41 bits per heavy atom. The van der Waals surface area contributed by atoms with Crippen LogP contribution >= 0.6 is 11.8 Å². The fraction of sp³-hybridized carbons (Fsp3) is 0.769. The zero-order valence-electron chi connectivity index (χ0n) is 11.7. The van der Waals surface area contributed by atoms with E-state index in [1.807, 2.05) is 30.4 Å². The van der Waals surface area contributed by atoms with E-state index in [1.165, 1.54) is 17.9 Å². The van der Waals surface area contributed by atoms with Crippen molar-refractivity contribution in [2.75, 3.05) is 6.54 Å². The van der Waals surface area contributed by atoms with Crippen LogP contribution in [0.1, 0.15) is 39.3 Å². The summed E-state index contributed by atoms with van der Waals surface area (Å²) in [5, 5.41) is 9.81. The fourth-order valence-corrected chi connectivity index (χ4v) is 2.88. The van der Waals surface area contributed by atoms with Gasteiger partial charge in [-0.1, -0.05) is 20.8 Å². The van der Waals surface area contributed by atoms with E-state index in [1.54, 1.807) is 0 Å². The van der Waals surface area contributed by atoms with Gasteiger partial charge < -0.3 is 5.32 Å². The molecule has 1 N–H and O–H groups in total. The Bertz CT molecular complexity index is 331. The minimum atomic E-state index is 0.574. The van der Waals surface area contributed by atoms with E-state index >= 15 is 0 Å². The van der Waals surface area contributed by atoms with Crippen LogP contribution in [0.3, 0.4) is 0 Å². The molecule has 0 spiro atoms. The number of aromatic nitrogens is 2. The normalized spacial score (nSPS) is 13.3. The summed E-state index contributed by atoms with van der Waals surface area (Å²) in [7, 11) is 2.01. The Hall–Kier alpha value is -0.480. The van der Waals surface area contributed by atoms with Crippen LogP contribution in [0.25, 0.3) is 0 Å². The van der Waals surface area contributed by atoms with Gasteiger partial charge in [-0.05, 0) is 25.8 Å². The first-order valence-electron chi connectivity index (χ1n) is 6.47. The molecule has 0 amide bonds. The van der Waals surface area contributed by atoms with Gasteiger partial charge >= 0.3 is 0 Å². The van der Waals surface area contributed by atoms with E-state index in [4.69, 9.17) is 0 Å². The number of aryl methyl sites for hydroxylation is 2. The zero-order valence-corrected chi connectivity index (χ0v) is 12.5. The molecule has 1 heterocycles. The van der Waals surface area contributed by atoms with Crippen LogP contribution in [0.15, 0.2) is 11.1 Å². The summed E-state index contributed by atoms with van der Waals surface area (Å²) in [5.41, 5.74) is 1.09. The molecule has 0 aliphatic carbocycles. The predicted molar refractivity (Wildman–Crippen MR) is 75.6 cm³/mol. The molecule has 17 heavy (non-hydrogen) atoms. The van der Waals surface area contributed by atoms with E-state index in [-0.39, 0.29) is 0 Å². The lowest BCUT2D eigenvalue weighted by atomic mass is 10.2. The van der Waals surface area contributed by atoms with Crippen molar-refractivity contribution in [1.29, 1.82) is 0 Å². The number of nitrogens with one attached hydrogen (secondary N) is 1. The van der Waals surface area contributed by atoms with Gasteiger partial charge in [0.2, 0.25) is 0 Å². The standard InChI is InChI=1S/C13H25N3S/c1-6-12(7-2)14-9-11(4)17-13-8-10(3)15-16(13)5/h8,11-12,14H,6-7,9H2,1-5H3. The average molecular weight is 255 g/mol.